The van der Waals surface area contributed by atoms with Crippen molar-refractivity contribution in [1.29, 1.82) is 0 Å². The van der Waals surface area contributed by atoms with Crippen molar-refractivity contribution in [3.8, 4) is 0 Å². The first-order valence-electron chi connectivity index (χ1n) is 4.46. The smallest absolute Gasteiger partial charge is 0.256 e. The standard InChI is InChI=1S/C11H7BrINOS/c12-8-1-3-9(4-2-8)14-11(15)7-5-10(13)16-6-7/h1-6H,(H,14,15). The molecule has 1 aromatic heterocycles. The molecule has 0 saturated heterocycles. The Balaban J connectivity index is 2.10. The van der Waals surface area contributed by atoms with E-state index in [0.717, 1.165) is 13.0 Å². The van der Waals surface area contributed by atoms with Crippen LogP contribution in [0, 0.1) is 2.88 Å². The number of hydrogen-bond donors (Lipinski definition) is 1. The molecule has 0 atom stereocenters. The third kappa shape index (κ3) is 3.05. The maximum atomic E-state index is 11.8. The minimum atomic E-state index is -0.0681. The summed E-state index contributed by atoms with van der Waals surface area (Å²) >= 11 is 7.11. The number of thiophene rings is 1. The van der Waals surface area contributed by atoms with Crippen LogP contribution in [-0.4, -0.2) is 5.91 Å². The molecular weight excluding hydrogens is 401 g/mol. The molecular formula is C11H7BrINOS. The number of rotatable bonds is 2. The lowest BCUT2D eigenvalue weighted by Crippen LogP contribution is -2.10. The molecule has 1 N–H and O–H groups in total. The van der Waals surface area contributed by atoms with Gasteiger partial charge < -0.3 is 5.32 Å². The zero-order valence-corrected chi connectivity index (χ0v) is 12.6. The van der Waals surface area contributed by atoms with Crippen molar-refractivity contribution in [1.82, 2.24) is 0 Å². The van der Waals surface area contributed by atoms with E-state index in [0.29, 0.717) is 5.56 Å². The number of carbonyl (C=O) groups is 1. The fraction of sp³-hybridized carbons (Fsp3) is 0. The Kier molecular flexibility index (Phi) is 3.99. The number of nitrogens with one attached hydrogen (secondary N) is 1. The molecule has 0 bridgehead atoms. The monoisotopic (exact) mass is 407 g/mol. The van der Waals surface area contributed by atoms with Crippen LogP contribution < -0.4 is 5.32 Å². The number of halogens is 2. The lowest BCUT2D eigenvalue weighted by atomic mass is 10.3. The Morgan fingerprint density at radius 2 is 2.00 bits per heavy atom. The van der Waals surface area contributed by atoms with Gasteiger partial charge in [0.05, 0.1) is 8.45 Å². The summed E-state index contributed by atoms with van der Waals surface area (Å²) in [6.07, 6.45) is 0. The van der Waals surface area contributed by atoms with Gasteiger partial charge >= 0.3 is 0 Å². The van der Waals surface area contributed by atoms with Crippen molar-refractivity contribution < 1.29 is 4.79 Å². The fourth-order valence-electron chi connectivity index (χ4n) is 1.17. The molecule has 16 heavy (non-hydrogen) atoms. The summed E-state index contributed by atoms with van der Waals surface area (Å²) in [6.45, 7) is 0. The second kappa shape index (κ2) is 5.29. The van der Waals surface area contributed by atoms with E-state index < -0.39 is 0 Å². The third-order valence-electron chi connectivity index (χ3n) is 1.93. The van der Waals surface area contributed by atoms with Crippen molar-refractivity contribution in [2.75, 3.05) is 5.32 Å². The molecule has 1 aromatic carbocycles. The maximum absolute atomic E-state index is 11.8. The van der Waals surface area contributed by atoms with Crippen LogP contribution in [0.1, 0.15) is 10.4 Å². The highest BCUT2D eigenvalue weighted by molar-refractivity contribution is 14.1. The van der Waals surface area contributed by atoms with Crippen molar-refractivity contribution in [3.63, 3.8) is 0 Å². The molecule has 82 valence electrons. The Hall–Kier alpha value is -0.400. The zero-order chi connectivity index (χ0) is 11.5. The van der Waals surface area contributed by atoms with Crippen molar-refractivity contribution >= 4 is 61.5 Å². The number of amides is 1. The number of benzene rings is 1. The minimum absolute atomic E-state index is 0.0681. The van der Waals surface area contributed by atoms with E-state index in [9.17, 15) is 4.79 Å². The SMILES string of the molecule is O=C(Nc1ccc(Br)cc1)c1csc(I)c1. The van der Waals surface area contributed by atoms with Crippen LogP contribution in [0.3, 0.4) is 0 Å². The molecule has 0 unspecified atom stereocenters. The van der Waals surface area contributed by atoms with E-state index in [-0.39, 0.29) is 5.91 Å². The van der Waals surface area contributed by atoms with Crippen LogP contribution in [0.25, 0.3) is 0 Å². The number of anilines is 1. The van der Waals surface area contributed by atoms with E-state index in [1.165, 1.54) is 0 Å². The van der Waals surface area contributed by atoms with E-state index >= 15 is 0 Å². The van der Waals surface area contributed by atoms with Gasteiger partial charge in [-0.15, -0.1) is 11.3 Å². The number of hydrogen-bond acceptors (Lipinski definition) is 2. The van der Waals surface area contributed by atoms with Gasteiger partial charge in [-0.1, -0.05) is 15.9 Å². The van der Waals surface area contributed by atoms with Gasteiger partial charge in [-0.25, -0.2) is 0 Å². The van der Waals surface area contributed by atoms with Crippen molar-refractivity contribution in [2.24, 2.45) is 0 Å². The second-order valence-corrected chi connectivity index (χ2v) is 6.82. The van der Waals surface area contributed by atoms with Gasteiger partial charge in [0.25, 0.3) is 5.91 Å². The van der Waals surface area contributed by atoms with Crippen LogP contribution in [0.15, 0.2) is 40.2 Å². The molecule has 0 radical (unpaired) electrons. The average molecular weight is 408 g/mol. The van der Waals surface area contributed by atoms with Crippen molar-refractivity contribution in [2.45, 2.75) is 0 Å². The Labute approximate surface area is 119 Å². The van der Waals surface area contributed by atoms with E-state index in [1.54, 1.807) is 11.3 Å². The Morgan fingerprint density at radius 1 is 1.31 bits per heavy atom. The molecule has 0 fully saturated rings. The molecule has 1 heterocycles. The molecule has 0 spiro atoms. The first-order chi connectivity index (χ1) is 7.65. The summed E-state index contributed by atoms with van der Waals surface area (Å²) in [5, 5.41) is 4.70. The van der Waals surface area contributed by atoms with Crippen LogP contribution in [-0.2, 0) is 0 Å². The second-order valence-electron chi connectivity index (χ2n) is 3.10. The summed E-state index contributed by atoms with van der Waals surface area (Å²) in [5.41, 5.74) is 1.51. The van der Waals surface area contributed by atoms with Gasteiger partial charge in [-0.05, 0) is 52.9 Å². The predicted molar refractivity (Wildman–Crippen MR) is 79.1 cm³/mol. The molecule has 2 aromatic rings. The molecule has 5 heteroatoms. The predicted octanol–water partition coefficient (Wildman–Crippen LogP) is 4.37. The van der Waals surface area contributed by atoms with Crippen LogP contribution in [0.5, 0.6) is 0 Å². The largest absolute Gasteiger partial charge is 0.322 e. The van der Waals surface area contributed by atoms with Gasteiger partial charge in [-0.2, -0.15) is 0 Å². The highest BCUT2D eigenvalue weighted by Gasteiger charge is 2.07. The van der Waals surface area contributed by atoms with E-state index in [4.69, 9.17) is 0 Å². The lowest BCUT2D eigenvalue weighted by Gasteiger charge is -2.03. The van der Waals surface area contributed by atoms with Gasteiger partial charge in [0, 0.05) is 15.5 Å². The zero-order valence-electron chi connectivity index (χ0n) is 8.04. The normalized spacial score (nSPS) is 10.1. The quantitative estimate of drug-likeness (QED) is 0.736. The Morgan fingerprint density at radius 3 is 2.56 bits per heavy atom. The first-order valence-corrected chi connectivity index (χ1v) is 7.21. The van der Waals surface area contributed by atoms with Crippen LogP contribution >= 0.6 is 49.9 Å². The topological polar surface area (TPSA) is 29.1 Å². The molecule has 0 saturated carbocycles. The minimum Gasteiger partial charge on any atom is -0.322 e. The summed E-state index contributed by atoms with van der Waals surface area (Å²) in [6, 6.07) is 9.39. The molecule has 0 aliphatic heterocycles. The van der Waals surface area contributed by atoms with E-state index in [1.807, 2.05) is 35.7 Å². The first kappa shape index (κ1) is 12.1. The summed E-state index contributed by atoms with van der Waals surface area (Å²) in [7, 11) is 0. The summed E-state index contributed by atoms with van der Waals surface area (Å²) < 4.78 is 2.11. The maximum Gasteiger partial charge on any atom is 0.256 e. The third-order valence-corrected chi connectivity index (χ3v) is 4.25. The average Bonchev–Trinajstić information content (AvgIpc) is 2.68. The number of carbonyl (C=O) groups excluding carboxylic acids is 1. The molecule has 0 aliphatic rings. The van der Waals surface area contributed by atoms with Gasteiger partial charge in [-0.3, -0.25) is 4.79 Å². The van der Waals surface area contributed by atoms with Gasteiger partial charge in [0.2, 0.25) is 0 Å². The molecule has 2 rings (SSSR count). The summed E-state index contributed by atoms with van der Waals surface area (Å²) in [4.78, 5) is 11.8. The van der Waals surface area contributed by atoms with Crippen LogP contribution in [0.2, 0.25) is 0 Å². The van der Waals surface area contributed by atoms with Crippen molar-refractivity contribution in [3.05, 3.63) is 48.6 Å². The van der Waals surface area contributed by atoms with Crippen LogP contribution in [0.4, 0.5) is 5.69 Å². The fourth-order valence-corrected chi connectivity index (χ4v) is 2.76. The molecule has 1 amide bonds. The van der Waals surface area contributed by atoms with E-state index in [2.05, 4.69) is 43.8 Å². The molecule has 2 nitrogen and oxygen atoms in total. The molecule has 0 aliphatic carbocycles. The summed E-state index contributed by atoms with van der Waals surface area (Å²) in [5.74, 6) is -0.0681. The Bertz CT molecular complexity index is 509. The lowest BCUT2D eigenvalue weighted by molar-refractivity contribution is 0.102. The highest BCUT2D eigenvalue weighted by Crippen LogP contribution is 2.19. The van der Waals surface area contributed by atoms with Gasteiger partial charge in [0.15, 0.2) is 0 Å². The van der Waals surface area contributed by atoms with Gasteiger partial charge in [0.1, 0.15) is 0 Å². The highest BCUT2D eigenvalue weighted by atomic mass is 127.